The summed E-state index contributed by atoms with van der Waals surface area (Å²) in [5.41, 5.74) is 2.59. The van der Waals surface area contributed by atoms with Gasteiger partial charge in [-0.3, -0.25) is 9.59 Å². The molecule has 1 fully saturated rings. The van der Waals surface area contributed by atoms with Crippen LogP contribution < -0.4 is 10.6 Å². The average Bonchev–Trinajstić information content (AvgIpc) is 2.70. The van der Waals surface area contributed by atoms with Gasteiger partial charge in [0.15, 0.2) is 0 Å². The van der Waals surface area contributed by atoms with Gasteiger partial charge in [0.1, 0.15) is 0 Å². The van der Waals surface area contributed by atoms with Crippen LogP contribution in [0.5, 0.6) is 0 Å². The van der Waals surface area contributed by atoms with Crippen LogP contribution in [0.4, 0.5) is 5.69 Å². The van der Waals surface area contributed by atoms with Crippen LogP contribution in [-0.4, -0.2) is 23.6 Å². The van der Waals surface area contributed by atoms with E-state index in [4.69, 9.17) is 0 Å². The van der Waals surface area contributed by atoms with Crippen molar-refractivity contribution < 1.29 is 9.59 Å². The molecule has 0 aromatic heterocycles. The molecule has 0 bridgehead atoms. The average molecular weight is 397 g/mol. The highest BCUT2D eigenvalue weighted by Gasteiger charge is 2.21. The first-order chi connectivity index (χ1) is 13.5. The van der Waals surface area contributed by atoms with E-state index < -0.39 is 0 Å². The summed E-state index contributed by atoms with van der Waals surface area (Å²) in [6, 6.07) is 15.5. The van der Waals surface area contributed by atoms with Crippen LogP contribution >= 0.6 is 11.8 Å². The smallest absolute Gasteiger partial charge is 0.252 e. The minimum Gasteiger partial charge on any atom is -0.349 e. The first-order valence-corrected chi connectivity index (χ1v) is 10.9. The third-order valence-corrected chi connectivity index (χ3v) is 6.25. The third kappa shape index (κ3) is 5.86. The van der Waals surface area contributed by atoms with Crippen LogP contribution in [0.15, 0.2) is 53.4 Å². The number of rotatable bonds is 6. The van der Waals surface area contributed by atoms with E-state index in [1.165, 1.54) is 24.6 Å². The van der Waals surface area contributed by atoms with Gasteiger partial charge in [0.2, 0.25) is 5.91 Å². The molecule has 2 amide bonds. The molecule has 0 unspecified atom stereocenters. The largest absolute Gasteiger partial charge is 0.349 e. The topological polar surface area (TPSA) is 58.2 Å². The van der Waals surface area contributed by atoms with Crippen molar-refractivity contribution in [3.63, 3.8) is 0 Å². The highest BCUT2D eigenvalue weighted by Crippen LogP contribution is 2.26. The molecule has 28 heavy (non-hydrogen) atoms. The monoisotopic (exact) mass is 396 g/mol. The molecular formula is C23H28N2O2S. The quantitative estimate of drug-likeness (QED) is 0.673. The highest BCUT2D eigenvalue weighted by molar-refractivity contribution is 8.00. The van der Waals surface area contributed by atoms with Gasteiger partial charge in [-0.2, -0.15) is 0 Å². The summed E-state index contributed by atoms with van der Waals surface area (Å²) in [6.07, 6.45) is 4.42. The van der Waals surface area contributed by atoms with E-state index in [0.29, 0.717) is 5.56 Å². The zero-order chi connectivity index (χ0) is 19.9. The number of thioether (sulfide) groups is 1. The fourth-order valence-electron chi connectivity index (χ4n) is 3.42. The van der Waals surface area contributed by atoms with Crippen molar-refractivity contribution in [2.45, 2.75) is 50.5 Å². The van der Waals surface area contributed by atoms with Crippen molar-refractivity contribution in [2.75, 3.05) is 11.1 Å². The number of aryl methyl sites for hydroxylation is 1. The van der Waals surface area contributed by atoms with Crippen molar-refractivity contribution in [3.8, 4) is 0 Å². The molecule has 0 saturated heterocycles. The van der Waals surface area contributed by atoms with Gasteiger partial charge < -0.3 is 10.6 Å². The molecule has 0 atom stereocenters. The van der Waals surface area contributed by atoms with E-state index in [1.807, 2.05) is 55.5 Å². The summed E-state index contributed by atoms with van der Waals surface area (Å²) in [4.78, 5) is 25.9. The lowest BCUT2D eigenvalue weighted by molar-refractivity contribution is -0.113. The van der Waals surface area contributed by atoms with Crippen LogP contribution in [0.3, 0.4) is 0 Å². The van der Waals surface area contributed by atoms with Crippen LogP contribution in [0.25, 0.3) is 0 Å². The second-order valence-electron chi connectivity index (χ2n) is 7.63. The zero-order valence-corrected chi connectivity index (χ0v) is 17.4. The van der Waals surface area contributed by atoms with Crippen molar-refractivity contribution in [3.05, 3.63) is 59.7 Å². The van der Waals surface area contributed by atoms with Crippen molar-refractivity contribution in [1.82, 2.24) is 5.32 Å². The first kappa shape index (κ1) is 20.5. The lowest BCUT2D eigenvalue weighted by Crippen LogP contribution is -2.37. The second-order valence-corrected chi connectivity index (χ2v) is 8.65. The Hall–Kier alpha value is -2.27. The highest BCUT2D eigenvalue weighted by atomic mass is 32.2. The Labute approximate surface area is 171 Å². The van der Waals surface area contributed by atoms with Gasteiger partial charge >= 0.3 is 0 Å². The van der Waals surface area contributed by atoms with Crippen molar-refractivity contribution in [2.24, 2.45) is 5.92 Å². The van der Waals surface area contributed by atoms with Gasteiger partial charge in [-0.15, -0.1) is 11.8 Å². The van der Waals surface area contributed by atoms with Crippen LogP contribution in [0.2, 0.25) is 0 Å². The molecule has 148 valence electrons. The molecule has 5 heteroatoms. The Bertz CT molecular complexity index is 812. The van der Waals surface area contributed by atoms with E-state index in [2.05, 4.69) is 17.6 Å². The third-order valence-electron chi connectivity index (χ3n) is 5.18. The summed E-state index contributed by atoms with van der Waals surface area (Å²) in [5, 5.41) is 6.07. The minimum absolute atomic E-state index is 0.0402. The predicted octanol–water partition coefficient (Wildman–Crippen LogP) is 5.03. The Morgan fingerprint density at radius 2 is 1.68 bits per heavy atom. The van der Waals surface area contributed by atoms with Gasteiger partial charge in [0.05, 0.1) is 11.3 Å². The number of amides is 2. The molecule has 0 heterocycles. The second kappa shape index (κ2) is 9.78. The van der Waals surface area contributed by atoms with Crippen LogP contribution in [0.1, 0.15) is 48.5 Å². The van der Waals surface area contributed by atoms with E-state index in [9.17, 15) is 9.59 Å². The van der Waals surface area contributed by atoms with Crippen molar-refractivity contribution in [1.29, 1.82) is 0 Å². The summed E-state index contributed by atoms with van der Waals surface area (Å²) < 4.78 is 0. The van der Waals surface area contributed by atoms with Gasteiger partial charge in [0.25, 0.3) is 5.91 Å². The Balaban J connectivity index is 1.56. The fraction of sp³-hybridized carbons (Fsp3) is 0.391. The minimum atomic E-state index is -0.0784. The molecule has 4 nitrogen and oxygen atoms in total. The van der Waals surface area contributed by atoms with E-state index in [-0.39, 0.29) is 23.6 Å². The summed E-state index contributed by atoms with van der Waals surface area (Å²) in [7, 11) is 0. The molecule has 1 aliphatic carbocycles. The number of benzene rings is 2. The lowest BCUT2D eigenvalue weighted by atomic mass is 9.87. The summed E-state index contributed by atoms with van der Waals surface area (Å²) in [6.45, 7) is 4.28. The van der Waals surface area contributed by atoms with Crippen LogP contribution in [0, 0.1) is 12.8 Å². The Morgan fingerprint density at radius 3 is 2.39 bits per heavy atom. The maximum absolute atomic E-state index is 12.8. The summed E-state index contributed by atoms with van der Waals surface area (Å²) >= 11 is 1.40. The van der Waals surface area contributed by atoms with Gasteiger partial charge in [0, 0.05) is 16.6 Å². The molecule has 1 saturated carbocycles. The molecule has 1 aliphatic rings. The molecular weight excluding hydrogens is 368 g/mol. The number of anilines is 1. The number of carbonyl (C=O) groups excluding carboxylic acids is 2. The van der Waals surface area contributed by atoms with E-state index in [0.717, 1.165) is 34.9 Å². The fourth-order valence-corrected chi connectivity index (χ4v) is 4.27. The molecule has 2 aromatic carbocycles. The van der Waals surface area contributed by atoms with E-state index in [1.54, 1.807) is 0 Å². The SMILES string of the molecule is Cc1ccc(NC(=O)CSc2ccccc2C(=O)NC2CCC(C)CC2)cc1. The summed E-state index contributed by atoms with van der Waals surface area (Å²) in [5.74, 6) is 0.897. The predicted molar refractivity (Wildman–Crippen MR) is 116 cm³/mol. The Kier molecular flexibility index (Phi) is 7.15. The molecule has 2 aromatic rings. The van der Waals surface area contributed by atoms with E-state index >= 15 is 0 Å². The number of carbonyl (C=O) groups is 2. The number of nitrogens with one attached hydrogen (secondary N) is 2. The van der Waals surface area contributed by atoms with Crippen LogP contribution in [-0.2, 0) is 4.79 Å². The maximum atomic E-state index is 12.8. The Morgan fingerprint density at radius 1 is 1.00 bits per heavy atom. The lowest BCUT2D eigenvalue weighted by Gasteiger charge is -2.27. The van der Waals surface area contributed by atoms with Crippen molar-refractivity contribution >= 4 is 29.3 Å². The van der Waals surface area contributed by atoms with Gasteiger partial charge in [-0.05, 0) is 62.8 Å². The molecule has 3 rings (SSSR count). The molecule has 0 radical (unpaired) electrons. The van der Waals surface area contributed by atoms with Gasteiger partial charge in [-0.1, -0.05) is 36.8 Å². The molecule has 0 aliphatic heterocycles. The first-order valence-electron chi connectivity index (χ1n) is 9.90. The normalized spacial score (nSPS) is 19.1. The maximum Gasteiger partial charge on any atom is 0.252 e. The number of hydrogen-bond donors (Lipinski definition) is 2. The molecule has 2 N–H and O–H groups in total. The standard InChI is InChI=1S/C23H28N2O2S/c1-16-7-11-18(12-8-16)24-22(26)15-28-21-6-4-3-5-20(21)23(27)25-19-13-9-17(2)10-14-19/h3-8,11-12,17,19H,9-10,13-15H2,1-2H3,(H,24,26)(H,25,27). The number of hydrogen-bond acceptors (Lipinski definition) is 3. The molecule has 0 spiro atoms. The zero-order valence-electron chi connectivity index (χ0n) is 16.5. The van der Waals surface area contributed by atoms with Gasteiger partial charge in [-0.25, -0.2) is 0 Å².